The molecule has 0 radical (unpaired) electrons. The lowest BCUT2D eigenvalue weighted by Crippen LogP contribution is -2.15. The van der Waals surface area contributed by atoms with Gasteiger partial charge in [-0.3, -0.25) is 0 Å². The molecule has 0 N–H and O–H groups in total. The molecule has 45 heavy (non-hydrogen) atoms. The molecule has 0 fully saturated rings. The molecule has 2 aliphatic carbocycles. The highest BCUT2D eigenvalue weighted by Gasteiger charge is 2.37. The Labute approximate surface area is 268 Å². The van der Waals surface area contributed by atoms with Gasteiger partial charge in [0.05, 0.1) is 0 Å². The maximum absolute atomic E-state index is 2.50. The molecule has 0 saturated carbocycles. The van der Waals surface area contributed by atoms with Gasteiger partial charge in [-0.25, -0.2) is 0 Å². The number of hydrogen-bond donors (Lipinski definition) is 0. The molecule has 8 rings (SSSR count). The summed E-state index contributed by atoms with van der Waals surface area (Å²) in [4.78, 5) is 0. The summed E-state index contributed by atoms with van der Waals surface area (Å²) >= 11 is 0. The van der Waals surface area contributed by atoms with Gasteiger partial charge in [-0.2, -0.15) is 0 Å². The minimum absolute atomic E-state index is 0.0132. The molecule has 6 aromatic rings. The van der Waals surface area contributed by atoms with E-state index in [0.29, 0.717) is 5.92 Å². The van der Waals surface area contributed by atoms with E-state index in [1.165, 1.54) is 77.9 Å². The van der Waals surface area contributed by atoms with Gasteiger partial charge in [0.2, 0.25) is 0 Å². The summed E-state index contributed by atoms with van der Waals surface area (Å²) in [6.45, 7) is 11.8. The van der Waals surface area contributed by atoms with Crippen LogP contribution in [0.15, 0.2) is 133 Å². The van der Waals surface area contributed by atoms with Crippen LogP contribution in [-0.4, -0.2) is 0 Å². The smallest absolute Gasteiger partial charge is 0.0159 e. The van der Waals surface area contributed by atoms with Crippen LogP contribution in [0.25, 0.3) is 44.5 Å². The monoisotopic (exact) mass is 580 g/mol. The fourth-order valence-electron chi connectivity index (χ4n) is 8.24. The maximum Gasteiger partial charge on any atom is 0.0159 e. The van der Waals surface area contributed by atoms with E-state index in [-0.39, 0.29) is 10.8 Å². The molecule has 6 aromatic carbocycles. The lowest BCUT2D eigenvalue weighted by Gasteiger charge is -2.24. The molecule has 0 aromatic heterocycles. The molecule has 0 heteroatoms. The van der Waals surface area contributed by atoms with Crippen molar-refractivity contribution in [1.82, 2.24) is 0 Å². The molecule has 0 saturated heterocycles. The summed E-state index contributed by atoms with van der Waals surface area (Å²) < 4.78 is 0. The Morgan fingerprint density at radius 2 is 0.844 bits per heavy atom. The maximum atomic E-state index is 2.50. The van der Waals surface area contributed by atoms with Gasteiger partial charge in [0.25, 0.3) is 0 Å². The predicted octanol–water partition coefficient (Wildman–Crippen LogP) is 12.2. The minimum Gasteiger partial charge on any atom is -0.0645 e. The first-order valence-electron chi connectivity index (χ1n) is 16.5. The highest BCUT2D eigenvalue weighted by Crippen LogP contribution is 2.51. The summed E-state index contributed by atoms with van der Waals surface area (Å²) in [5, 5.41) is 0. The van der Waals surface area contributed by atoms with E-state index in [1.807, 2.05) is 0 Å². The van der Waals surface area contributed by atoms with Crippen molar-refractivity contribution in [2.45, 2.75) is 57.8 Å². The van der Waals surface area contributed by atoms with Crippen LogP contribution in [0.2, 0.25) is 0 Å². The fraction of sp³-hybridized carbons (Fsp3) is 0.200. The van der Waals surface area contributed by atoms with Gasteiger partial charge in [-0.1, -0.05) is 156 Å². The summed E-state index contributed by atoms with van der Waals surface area (Å²) in [5.74, 6) is 0.359. The van der Waals surface area contributed by atoms with E-state index >= 15 is 0 Å². The van der Waals surface area contributed by atoms with Crippen LogP contribution in [0.5, 0.6) is 0 Å². The van der Waals surface area contributed by atoms with Gasteiger partial charge < -0.3 is 0 Å². The Morgan fingerprint density at radius 3 is 1.47 bits per heavy atom. The normalized spacial score (nSPS) is 15.6. The van der Waals surface area contributed by atoms with Crippen LogP contribution < -0.4 is 0 Å². The molecular formula is C45H40. The second kappa shape index (κ2) is 10.2. The van der Waals surface area contributed by atoms with Crippen LogP contribution >= 0.6 is 0 Å². The Bertz CT molecular complexity index is 2070. The van der Waals surface area contributed by atoms with Crippen LogP contribution in [0.3, 0.4) is 0 Å². The molecule has 0 bridgehead atoms. The van der Waals surface area contributed by atoms with Gasteiger partial charge in [0.15, 0.2) is 0 Å². The summed E-state index contributed by atoms with van der Waals surface area (Å²) in [5.41, 5.74) is 19.1. The van der Waals surface area contributed by atoms with Crippen molar-refractivity contribution in [3.05, 3.63) is 167 Å². The first-order chi connectivity index (χ1) is 21.8. The van der Waals surface area contributed by atoms with Gasteiger partial charge >= 0.3 is 0 Å². The first kappa shape index (κ1) is 27.8. The second-order valence-corrected chi connectivity index (χ2v) is 14.1. The Hall–Kier alpha value is -4.68. The number of hydrogen-bond acceptors (Lipinski definition) is 0. The zero-order valence-electron chi connectivity index (χ0n) is 27.0. The van der Waals surface area contributed by atoms with Crippen molar-refractivity contribution in [3.8, 4) is 44.5 Å². The van der Waals surface area contributed by atoms with Gasteiger partial charge in [0.1, 0.15) is 0 Å². The molecule has 1 atom stereocenters. The fourth-order valence-corrected chi connectivity index (χ4v) is 8.24. The molecule has 2 aliphatic rings. The molecule has 220 valence electrons. The third kappa shape index (κ3) is 4.26. The van der Waals surface area contributed by atoms with Crippen LogP contribution in [0, 0.1) is 0 Å². The van der Waals surface area contributed by atoms with E-state index in [0.717, 1.165) is 6.42 Å². The average molecular weight is 581 g/mol. The number of benzene rings is 6. The molecular weight excluding hydrogens is 540 g/mol. The standard InChI is InChI=1S/C45H40/c1-6-35(31-18-16-30(17-19-31)33-21-23-37-36-14-10-11-15-40(36)44(2,3)41(37)27-33)34-22-25-39-38-24-20-32(29-12-8-7-9-13-29)26-42(38)45(4,5)43(39)28-34/h7-28,35H,6H2,1-5H3. The minimum atomic E-state index is -0.0470. The molecule has 0 spiro atoms. The second-order valence-electron chi connectivity index (χ2n) is 14.1. The lowest BCUT2D eigenvalue weighted by molar-refractivity contribution is 0.657. The molecule has 1 unspecified atom stereocenters. The highest BCUT2D eigenvalue weighted by atomic mass is 14.4. The Kier molecular flexibility index (Phi) is 6.30. The average Bonchev–Trinajstić information content (AvgIpc) is 3.44. The van der Waals surface area contributed by atoms with E-state index in [2.05, 4.69) is 168 Å². The van der Waals surface area contributed by atoms with E-state index < -0.39 is 0 Å². The Morgan fingerprint density at radius 1 is 0.400 bits per heavy atom. The SMILES string of the molecule is CCC(c1ccc(-c2ccc3c(c2)C(C)(C)c2ccccc2-3)cc1)c1ccc2c(c1)C(C)(C)c1cc(-c3ccccc3)ccc1-2. The van der Waals surface area contributed by atoms with Crippen LogP contribution in [0.1, 0.15) is 80.3 Å². The third-order valence-electron chi connectivity index (χ3n) is 10.8. The summed E-state index contributed by atoms with van der Waals surface area (Å²) in [6.07, 6.45) is 1.06. The van der Waals surface area contributed by atoms with Crippen molar-refractivity contribution < 1.29 is 0 Å². The van der Waals surface area contributed by atoms with E-state index in [9.17, 15) is 0 Å². The highest BCUT2D eigenvalue weighted by molar-refractivity contribution is 5.85. The largest absolute Gasteiger partial charge is 0.0645 e. The zero-order valence-corrected chi connectivity index (χ0v) is 27.0. The topological polar surface area (TPSA) is 0 Å². The van der Waals surface area contributed by atoms with Crippen molar-refractivity contribution in [3.63, 3.8) is 0 Å². The predicted molar refractivity (Wildman–Crippen MR) is 191 cm³/mol. The van der Waals surface area contributed by atoms with Crippen molar-refractivity contribution in [2.24, 2.45) is 0 Å². The van der Waals surface area contributed by atoms with Gasteiger partial charge in [0, 0.05) is 16.7 Å². The van der Waals surface area contributed by atoms with E-state index in [4.69, 9.17) is 0 Å². The first-order valence-corrected chi connectivity index (χ1v) is 16.5. The van der Waals surface area contributed by atoms with E-state index in [1.54, 1.807) is 0 Å². The zero-order chi connectivity index (χ0) is 30.9. The van der Waals surface area contributed by atoms with Gasteiger partial charge in [-0.15, -0.1) is 0 Å². The summed E-state index contributed by atoms with van der Waals surface area (Å²) in [7, 11) is 0. The lowest BCUT2D eigenvalue weighted by atomic mass is 9.79. The number of fused-ring (bicyclic) bond motifs is 6. The van der Waals surface area contributed by atoms with Crippen molar-refractivity contribution in [1.29, 1.82) is 0 Å². The van der Waals surface area contributed by atoms with Gasteiger partial charge in [-0.05, 0) is 96.4 Å². The summed E-state index contributed by atoms with van der Waals surface area (Å²) in [6, 6.07) is 50.3. The molecule has 0 nitrogen and oxygen atoms in total. The molecule has 0 aliphatic heterocycles. The Balaban J connectivity index is 1.10. The van der Waals surface area contributed by atoms with Crippen LogP contribution in [-0.2, 0) is 10.8 Å². The quantitative estimate of drug-likeness (QED) is 0.190. The van der Waals surface area contributed by atoms with Crippen molar-refractivity contribution >= 4 is 0 Å². The number of rotatable bonds is 5. The molecule has 0 heterocycles. The van der Waals surface area contributed by atoms with Crippen LogP contribution in [0.4, 0.5) is 0 Å². The van der Waals surface area contributed by atoms with Crippen molar-refractivity contribution in [2.75, 3.05) is 0 Å². The third-order valence-corrected chi connectivity index (χ3v) is 10.8. The molecule has 0 amide bonds.